The van der Waals surface area contributed by atoms with Gasteiger partial charge in [0.2, 0.25) is 0 Å². The van der Waals surface area contributed by atoms with E-state index in [9.17, 15) is 4.79 Å². The van der Waals surface area contributed by atoms with E-state index in [1.807, 2.05) is 0 Å². The lowest BCUT2D eigenvalue weighted by atomic mass is 10.1. The van der Waals surface area contributed by atoms with Crippen molar-refractivity contribution in [2.45, 2.75) is 38.3 Å². The second kappa shape index (κ2) is 6.85. The minimum atomic E-state index is 0.411. The van der Waals surface area contributed by atoms with Gasteiger partial charge in [0.05, 0.1) is 17.2 Å². The Balaban J connectivity index is 1.66. The molecule has 0 amide bonds. The summed E-state index contributed by atoms with van der Waals surface area (Å²) < 4.78 is 5.12. The first-order valence-electron chi connectivity index (χ1n) is 7.74. The van der Waals surface area contributed by atoms with E-state index in [1.54, 1.807) is 7.11 Å². The van der Waals surface area contributed by atoms with Crippen molar-refractivity contribution < 1.29 is 9.53 Å². The average Bonchev–Trinajstić information content (AvgIpc) is 3.15. The number of ether oxygens (including phenoxy) is 1. The van der Waals surface area contributed by atoms with Crippen LogP contribution in [-0.4, -0.2) is 55.5 Å². The van der Waals surface area contributed by atoms with Crippen molar-refractivity contribution in [1.82, 2.24) is 9.88 Å². The maximum absolute atomic E-state index is 11.1. The Bertz CT molecular complexity index is 485. The summed E-state index contributed by atoms with van der Waals surface area (Å²) in [6, 6.07) is 0.653. The van der Waals surface area contributed by atoms with Crippen LogP contribution in [0.25, 0.3) is 0 Å². The van der Waals surface area contributed by atoms with Gasteiger partial charge in [0.25, 0.3) is 0 Å². The first-order chi connectivity index (χ1) is 10.3. The number of hydrogen-bond donors (Lipinski definition) is 0. The Labute approximate surface area is 129 Å². The van der Waals surface area contributed by atoms with Crippen LogP contribution in [0, 0.1) is 0 Å². The van der Waals surface area contributed by atoms with Crippen LogP contribution in [0.4, 0.5) is 5.13 Å². The molecule has 1 unspecified atom stereocenters. The summed E-state index contributed by atoms with van der Waals surface area (Å²) in [5.74, 6) is 0. The highest BCUT2D eigenvalue weighted by Gasteiger charge is 2.30. The van der Waals surface area contributed by atoms with Gasteiger partial charge >= 0.3 is 0 Å². The molecule has 2 fully saturated rings. The molecule has 6 heteroatoms. The van der Waals surface area contributed by atoms with Crippen molar-refractivity contribution in [3.05, 3.63) is 10.6 Å². The highest BCUT2D eigenvalue weighted by Crippen LogP contribution is 2.30. The average molecular weight is 309 g/mol. The molecule has 2 aliphatic heterocycles. The SMILES string of the molecule is COCc1nc(N2CCC(N3CCCCC3)C2)sc1C=O. The van der Waals surface area contributed by atoms with Crippen LogP contribution in [0.1, 0.15) is 41.0 Å². The Hall–Kier alpha value is -0.980. The van der Waals surface area contributed by atoms with Crippen LogP contribution in [0.2, 0.25) is 0 Å². The number of rotatable bonds is 5. The number of aldehydes is 1. The van der Waals surface area contributed by atoms with Crippen molar-refractivity contribution in [2.75, 3.05) is 38.2 Å². The van der Waals surface area contributed by atoms with E-state index in [0.29, 0.717) is 17.5 Å². The Kier molecular flexibility index (Phi) is 4.87. The number of aromatic nitrogens is 1. The predicted molar refractivity (Wildman–Crippen MR) is 84.3 cm³/mol. The monoisotopic (exact) mass is 309 g/mol. The maximum atomic E-state index is 11.1. The zero-order chi connectivity index (χ0) is 14.7. The van der Waals surface area contributed by atoms with E-state index >= 15 is 0 Å². The summed E-state index contributed by atoms with van der Waals surface area (Å²) >= 11 is 1.49. The van der Waals surface area contributed by atoms with Crippen LogP contribution < -0.4 is 4.90 Å². The van der Waals surface area contributed by atoms with Crippen LogP contribution in [0.3, 0.4) is 0 Å². The highest BCUT2D eigenvalue weighted by molar-refractivity contribution is 7.17. The van der Waals surface area contributed by atoms with Crippen molar-refractivity contribution in [3.63, 3.8) is 0 Å². The van der Waals surface area contributed by atoms with Gasteiger partial charge in [0.15, 0.2) is 11.4 Å². The van der Waals surface area contributed by atoms with Gasteiger partial charge in [0.1, 0.15) is 0 Å². The van der Waals surface area contributed by atoms with Crippen molar-refractivity contribution in [2.24, 2.45) is 0 Å². The molecule has 1 atom stereocenters. The normalized spacial score (nSPS) is 23.7. The van der Waals surface area contributed by atoms with Gasteiger partial charge in [-0.25, -0.2) is 4.98 Å². The fourth-order valence-electron chi connectivity index (χ4n) is 3.32. The van der Waals surface area contributed by atoms with Crippen molar-refractivity contribution in [1.29, 1.82) is 0 Å². The summed E-state index contributed by atoms with van der Waals surface area (Å²) in [6.45, 7) is 4.97. The largest absolute Gasteiger partial charge is 0.378 e. The third kappa shape index (κ3) is 3.27. The van der Waals surface area contributed by atoms with Crippen LogP contribution >= 0.6 is 11.3 Å². The minimum Gasteiger partial charge on any atom is -0.378 e. The molecule has 3 rings (SSSR count). The standard InChI is InChI=1S/C15H23N3O2S/c1-20-11-13-14(10-19)21-15(16-13)18-8-5-12(9-18)17-6-3-2-4-7-17/h10,12H,2-9,11H2,1H3. The van der Waals surface area contributed by atoms with E-state index in [-0.39, 0.29) is 0 Å². The summed E-state index contributed by atoms with van der Waals surface area (Å²) in [6.07, 6.45) is 6.15. The third-order valence-corrected chi connectivity index (χ3v) is 5.53. The number of carbonyl (C=O) groups is 1. The third-order valence-electron chi connectivity index (χ3n) is 4.45. The molecule has 1 aromatic heterocycles. The Morgan fingerprint density at radius 3 is 2.86 bits per heavy atom. The minimum absolute atomic E-state index is 0.411. The Morgan fingerprint density at radius 2 is 2.14 bits per heavy atom. The first-order valence-corrected chi connectivity index (χ1v) is 8.56. The number of likely N-dealkylation sites (tertiary alicyclic amines) is 1. The Morgan fingerprint density at radius 1 is 1.33 bits per heavy atom. The summed E-state index contributed by atoms with van der Waals surface area (Å²) in [5.41, 5.74) is 0.772. The maximum Gasteiger partial charge on any atom is 0.186 e. The van der Waals surface area contributed by atoms with E-state index < -0.39 is 0 Å². The molecule has 0 bridgehead atoms. The van der Waals surface area contributed by atoms with Gasteiger partial charge < -0.3 is 9.64 Å². The second-order valence-electron chi connectivity index (χ2n) is 5.84. The lowest BCUT2D eigenvalue weighted by Gasteiger charge is -2.32. The molecule has 21 heavy (non-hydrogen) atoms. The first kappa shape index (κ1) is 14.9. The van der Waals surface area contributed by atoms with Gasteiger partial charge in [-0.05, 0) is 32.4 Å². The number of methoxy groups -OCH3 is 1. The van der Waals surface area contributed by atoms with Gasteiger partial charge in [-0.2, -0.15) is 0 Å². The number of hydrogen-bond acceptors (Lipinski definition) is 6. The number of piperidine rings is 1. The fourth-order valence-corrected chi connectivity index (χ4v) is 4.23. The molecule has 0 N–H and O–H groups in total. The van der Waals surface area contributed by atoms with Crippen LogP contribution in [0.15, 0.2) is 0 Å². The molecule has 0 radical (unpaired) electrons. The molecule has 0 spiro atoms. The highest BCUT2D eigenvalue weighted by atomic mass is 32.1. The van der Waals surface area contributed by atoms with E-state index in [4.69, 9.17) is 4.74 Å². The van der Waals surface area contributed by atoms with E-state index in [2.05, 4.69) is 14.8 Å². The summed E-state index contributed by atoms with van der Waals surface area (Å²) in [5, 5.41) is 0.976. The molecule has 2 aliphatic rings. The molecule has 3 heterocycles. The number of anilines is 1. The molecule has 0 saturated carbocycles. The second-order valence-corrected chi connectivity index (χ2v) is 6.85. The number of nitrogens with zero attached hydrogens (tertiary/aromatic N) is 3. The number of carbonyl (C=O) groups excluding carboxylic acids is 1. The predicted octanol–water partition coefficient (Wildman–Crippen LogP) is 2.17. The van der Waals surface area contributed by atoms with Gasteiger partial charge in [-0.3, -0.25) is 9.69 Å². The molecular formula is C15H23N3O2S. The van der Waals surface area contributed by atoms with Crippen LogP contribution in [0.5, 0.6) is 0 Å². The van der Waals surface area contributed by atoms with Gasteiger partial charge in [-0.1, -0.05) is 17.8 Å². The van der Waals surface area contributed by atoms with Crippen molar-refractivity contribution >= 4 is 22.8 Å². The smallest absolute Gasteiger partial charge is 0.186 e. The van der Waals surface area contributed by atoms with Gasteiger partial charge in [0, 0.05) is 26.2 Å². The molecule has 5 nitrogen and oxygen atoms in total. The van der Waals surface area contributed by atoms with E-state index in [1.165, 1.54) is 50.1 Å². The quantitative estimate of drug-likeness (QED) is 0.780. The zero-order valence-electron chi connectivity index (χ0n) is 12.6. The number of thiazole rings is 1. The van der Waals surface area contributed by atoms with Gasteiger partial charge in [-0.15, -0.1) is 0 Å². The lowest BCUT2D eigenvalue weighted by Crippen LogP contribution is -2.40. The summed E-state index contributed by atoms with van der Waals surface area (Å²) in [4.78, 5) is 21.4. The van der Waals surface area contributed by atoms with E-state index in [0.717, 1.165) is 30.2 Å². The van der Waals surface area contributed by atoms with Crippen molar-refractivity contribution in [3.8, 4) is 0 Å². The summed E-state index contributed by atoms with van der Waals surface area (Å²) in [7, 11) is 1.63. The molecule has 2 saturated heterocycles. The molecule has 1 aromatic rings. The molecule has 0 aliphatic carbocycles. The zero-order valence-corrected chi connectivity index (χ0v) is 13.4. The molecule has 0 aromatic carbocycles. The topological polar surface area (TPSA) is 45.7 Å². The molecular weight excluding hydrogens is 286 g/mol. The fraction of sp³-hybridized carbons (Fsp3) is 0.733. The molecule has 116 valence electrons. The lowest BCUT2D eigenvalue weighted by molar-refractivity contribution is 0.112. The van der Waals surface area contributed by atoms with Crippen LogP contribution in [-0.2, 0) is 11.3 Å².